The summed E-state index contributed by atoms with van der Waals surface area (Å²) in [6.07, 6.45) is 2.82. The predicted molar refractivity (Wildman–Crippen MR) is 100 cm³/mol. The third-order valence-electron chi connectivity index (χ3n) is 5.07. The Kier molecular flexibility index (Phi) is 4.82. The number of hydrogen-bond donors (Lipinski definition) is 2. The van der Waals surface area contributed by atoms with Crippen LogP contribution in [0.1, 0.15) is 12.8 Å². The second kappa shape index (κ2) is 7.32. The Hall–Kier alpha value is -3.21. The molecule has 0 amide bonds. The molecule has 0 radical (unpaired) electrons. The van der Waals surface area contributed by atoms with Gasteiger partial charge in [-0.3, -0.25) is 0 Å². The fraction of sp³-hybridized carbons (Fsp3) is 0.444. The maximum absolute atomic E-state index is 14.9. The molecule has 0 spiro atoms. The number of nitrogens with zero attached hydrogens (tertiary/aromatic N) is 4. The van der Waals surface area contributed by atoms with Crippen molar-refractivity contribution in [1.82, 2.24) is 4.98 Å². The molecule has 0 bridgehead atoms. The molecule has 1 saturated heterocycles. The van der Waals surface area contributed by atoms with Crippen LogP contribution in [0, 0.1) is 11.7 Å². The summed E-state index contributed by atoms with van der Waals surface area (Å²) in [6.45, 7) is 1.01. The highest BCUT2D eigenvalue weighted by Gasteiger charge is 2.38. The van der Waals surface area contributed by atoms with Crippen LogP contribution in [0.25, 0.3) is 0 Å². The van der Waals surface area contributed by atoms with E-state index in [1.165, 1.54) is 13.3 Å². The molecule has 3 heterocycles. The molecule has 4 rings (SSSR count). The summed E-state index contributed by atoms with van der Waals surface area (Å²) in [5.41, 5.74) is 5.94. The number of anilines is 2. The van der Waals surface area contributed by atoms with Crippen LogP contribution in [0.15, 0.2) is 23.0 Å². The maximum Gasteiger partial charge on any atom is 0.352 e. The van der Waals surface area contributed by atoms with Gasteiger partial charge in [0.1, 0.15) is 7.11 Å². The maximum atomic E-state index is 14.9. The third-order valence-corrected chi connectivity index (χ3v) is 5.07. The van der Waals surface area contributed by atoms with Crippen molar-refractivity contribution in [2.75, 3.05) is 36.5 Å². The normalized spacial score (nSPS) is 22.9. The smallest absolute Gasteiger partial charge is 0.352 e. The Labute approximate surface area is 165 Å². The fourth-order valence-electron chi connectivity index (χ4n) is 3.47. The summed E-state index contributed by atoms with van der Waals surface area (Å²) < 4.78 is 20.0. The highest BCUT2D eigenvalue weighted by atomic mass is 19.1. The van der Waals surface area contributed by atoms with Gasteiger partial charge in [0, 0.05) is 37.3 Å². The first-order chi connectivity index (χ1) is 13.9. The Morgan fingerprint density at radius 1 is 1.48 bits per heavy atom. The molecule has 0 aromatic carbocycles. The van der Waals surface area contributed by atoms with E-state index in [-0.39, 0.29) is 35.9 Å². The standard InChI is InChI=1S/C18H20FN5O5/c1-28-22-13-8-23(6-9(13)5-20)15-12(19)4-14-16(21-15)24(10-2-3-10)7-11(17(25)26)18(27)29-14/h4,7,9-10H,2-3,5-6,8,20H2,1H3,(H,25,26)/b22-13+. The van der Waals surface area contributed by atoms with Crippen LogP contribution in [0.3, 0.4) is 0 Å². The molecule has 154 valence electrons. The zero-order valence-corrected chi connectivity index (χ0v) is 15.7. The Morgan fingerprint density at radius 2 is 2.24 bits per heavy atom. The van der Waals surface area contributed by atoms with E-state index in [9.17, 15) is 19.1 Å². The Balaban J connectivity index is 1.75. The molecule has 2 aliphatic heterocycles. The topological polar surface area (TPSA) is 131 Å². The second-order valence-corrected chi connectivity index (χ2v) is 7.07. The summed E-state index contributed by atoms with van der Waals surface area (Å²) in [7, 11) is 1.43. The van der Waals surface area contributed by atoms with E-state index < -0.39 is 23.3 Å². The summed E-state index contributed by atoms with van der Waals surface area (Å²) in [6, 6.07) is 1.04. The van der Waals surface area contributed by atoms with Crippen molar-refractivity contribution in [3.63, 3.8) is 0 Å². The molecule has 1 aromatic rings. The molecule has 1 unspecified atom stereocenters. The number of carbonyl (C=O) groups is 2. The second-order valence-electron chi connectivity index (χ2n) is 7.07. The van der Waals surface area contributed by atoms with E-state index in [4.69, 9.17) is 15.3 Å². The SMILES string of the molecule is CO/N=C1\CN(c2nc3c(cc2F)OC(=O)C(C(=O)O)=CN3C2CC2)CC1CN. The number of esters is 1. The number of aromatic nitrogens is 1. The largest absolute Gasteiger partial charge is 0.477 e. The number of pyridine rings is 1. The van der Waals surface area contributed by atoms with E-state index >= 15 is 0 Å². The van der Waals surface area contributed by atoms with Crippen LogP contribution in [-0.4, -0.2) is 60.5 Å². The molecule has 1 aromatic heterocycles. The highest BCUT2D eigenvalue weighted by molar-refractivity contribution is 6.14. The van der Waals surface area contributed by atoms with Gasteiger partial charge in [-0.15, -0.1) is 0 Å². The van der Waals surface area contributed by atoms with Crippen molar-refractivity contribution >= 4 is 29.3 Å². The number of halogens is 1. The van der Waals surface area contributed by atoms with Crippen molar-refractivity contribution in [3.05, 3.63) is 23.7 Å². The molecule has 11 heteroatoms. The van der Waals surface area contributed by atoms with Crippen LogP contribution < -0.4 is 20.3 Å². The van der Waals surface area contributed by atoms with E-state index in [0.29, 0.717) is 18.8 Å². The van der Waals surface area contributed by atoms with Gasteiger partial charge in [-0.1, -0.05) is 5.16 Å². The summed E-state index contributed by atoms with van der Waals surface area (Å²) in [5, 5.41) is 13.3. The van der Waals surface area contributed by atoms with Crippen LogP contribution in [-0.2, 0) is 14.4 Å². The minimum absolute atomic E-state index is 0.0237. The fourth-order valence-corrected chi connectivity index (χ4v) is 3.47. The van der Waals surface area contributed by atoms with E-state index in [0.717, 1.165) is 18.9 Å². The lowest BCUT2D eigenvalue weighted by Crippen LogP contribution is -2.26. The zero-order chi connectivity index (χ0) is 20.7. The Morgan fingerprint density at radius 3 is 2.86 bits per heavy atom. The monoisotopic (exact) mass is 405 g/mol. The minimum Gasteiger partial charge on any atom is -0.477 e. The Bertz CT molecular complexity index is 929. The molecule has 1 aliphatic carbocycles. The van der Waals surface area contributed by atoms with Crippen molar-refractivity contribution in [2.45, 2.75) is 18.9 Å². The number of ether oxygens (including phenoxy) is 1. The van der Waals surface area contributed by atoms with Crippen molar-refractivity contribution in [3.8, 4) is 5.75 Å². The predicted octanol–water partition coefficient (Wildman–Crippen LogP) is 0.474. The van der Waals surface area contributed by atoms with Gasteiger partial charge in [0.05, 0.1) is 12.3 Å². The summed E-state index contributed by atoms with van der Waals surface area (Å²) >= 11 is 0. The molecule has 29 heavy (non-hydrogen) atoms. The first-order valence-corrected chi connectivity index (χ1v) is 9.14. The molecular weight excluding hydrogens is 385 g/mol. The number of hydrogen-bond acceptors (Lipinski definition) is 9. The van der Waals surface area contributed by atoms with E-state index in [2.05, 4.69) is 10.1 Å². The summed E-state index contributed by atoms with van der Waals surface area (Å²) in [4.78, 5) is 36.1. The minimum atomic E-state index is -1.42. The van der Waals surface area contributed by atoms with Gasteiger partial charge in [0.2, 0.25) is 0 Å². The lowest BCUT2D eigenvalue weighted by Gasteiger charge is -2.23. The van der Waals surface area contributed by atoms with Gasteiger partial charge < -0.3 is 30.2 Å². The average Bonchev–Trinajstić information content (AvgIpc) is 3.45. The first-order valence-electron chi connectivity index (χ1n) is 9.14. The van der Waals surface area contributed by atoms with Crippen LogP contribution >= 0.6 is 0 Å². The van der Waals surface area contributed by atoms with E-state index in [1.54, 1.807) is 9.80 Å². The number of oxime groups is 1. The molecule has 2 fully saturated rings. The quantitative estimate of drug-likeness (QED) is 0.408. The van der Waals surface area contributed by atoms with Crippen molar-refractivity contribution in [1.29, 1.82) is 0 Å². The van der Waals surface area contributed by atoms with Crippen molar-refractivity contribution < 1.29 is 28.7 Å². The molecule has 10 nitrogen and oxygen atoms in total. The number of nitrogens with two attached hydrogens (primary N) is 1. The lowest BCUT2D eigenvalue weighted by molar-refractivity contribution is -0.138. The lowest BCUT2D eigenvalue weighted by atomic mass is 10.1. The van der Waals surface area contributed by atoms with Crippen LogP contribution in [0.2, 0.25) is 0 Å². The number of carboxylic acid groups (broad SMARTS) is 1. The number of carbonyl (C=O) groups excluding carboxylic acids is 1. The molecule has 1 atom stereocenters. The highest BCUT2D eigenvalue weighted by Crippen LogP contribution is 2.41. The zero-order valence-electron chi connectivity index (χ0n) is 15.7. The summed E-state index contributed by atoms with van der Waals surface area (Å²) in [5.74, 6) is -3.13. The van der Waals surface area contributed by atoms with E-state index in [1.807, 2.05) is 0 Å². The number of fused-ring (bicyclic) bond motifs is 1. The molecule has 3 N–H and O–H groups in total. The number of rotatable bonds is 5. The molecular formula is C18H20FN5O5. The van der Waals surface area contributed by atoms with Gasteiger partial charge in [0.25, 0.3) is 0 Å². The van der Waals surface area contributed by atoms with Crippen LogP contribution in [0.4, 0.5) is 16.0 Å². The molecule has 1 saturated carbocycles. The number of carboxylic acids is 1. The number of aliphatic carboxylic acids is 1. The van der Waals surface area contributed by atoms with Gasteiger partial charge >= 0.3 is 11.9 Å². The van der Waals surface area contributed by atoms with Crippen molar-refractivity contribution in [2.24, 2.45) is 16.8 Å². The van der Waals surface area contributed by atoms with Gasteiger partial charge in [0.15, 0.2) is 28.8 Å². The van der Waals surface area contributed by atoms with Gasteiger partial charge in [-0.25, -0.2) is 19.0 Å². The van der Waals surface area contributed by atoms with Gasteiger partial charge in [-0.05, 0) is 12.8 Å². The third kappa shape index (κ3) is 3.48. The first kappa shape index (κ1) is 19.1. The average molecular weight is 405 g/mol. The molecule has 3 aliphatic rings. The van der Waals surface area contributed by atoms with Crippen LogP contribution in [0.5, 0.6) is 5.75 Å². The van der Waals surface area contributed by atoms with Gasteiger partial charge in [-0.2, -0.15) is 0 Å².